The Morgan fingerprint density at radius 2 is 2.23 bits per heavy atom. The molecule has 0 aliphatic heterocycles. The molecule has 0 aromatic heterocycles. The second-order valence-electron chi connectivity index (χ2n) is 2.71. The number of rotatable bonds is 2. The first kappa shape index (κ1) is 10.5. The van der Waals surface area contributed by atoms with Gasteiger partial charge in [0.2, 0.25) is 0 Å². The quantitative estimate of drug-likeness (QED) is 0.871. The maximum absolute atomic E-state index is 13.4. The zero-order valence-corrected chi connectivity index (χ0v) is 9.11. The fourth-order valence-corrected chi connectivity index (χ4v) is 1.85. The number of methoxy groups -OCH3 is 1. The van der Waals surface area contributed by atoms with Crippen molar-refractivity contribution in [2.75, 3.05) is 7.11 Å². The van der Waals surface area contributed by atoms with Gasteiger partial charge in [-0.1, -0.05) is 0 Å². The van der Waals surface area contributed by atoms with E-state index in [0.717, 1.165) is 5.56 Å². The lowest BCUT2D eigenvalue weighted by atomic mass is 10.1. The van der Waals surface area contributed by atoms with Gasteiger partial charge in [0.05, 0.1) is 11.6 Å². The number of benzene rings is 1. The highest BCUT2D eigenvalue weighted by molar-refractivity contribution is 9.10. The standard InChI is InChI=1S/C9H11BrFNO/c1-5-3-7(10)8(11)6(4-12)9(5)13-2/h3H,4,12H2,1-2H3. The minimum Gasteiger partial charge on any atom is -0.496 e. The monoisotopic (exact) mass is 247 g/mol. The predicted molar refractivity (Wildman–Crippen MR) is 53.3 cm³/mol. The van der Waals surface area contributed by atoms with Crippen LogP contribution in [0.2, 0.25) is 0 Å². The summed E-state index contributed by atoms with van der Waals surface area (Å²) in [5.74, 6) is 0.188. The zero-order valence-electron chi connectivity index (χ0n) is 7.53. The maximum atomic E-state index is 13.4. The van der Waals surface area contributed by atoms with Crippen molar-refractivity contribution in [2.24, 2.45) is 5.73 Å². The molecule has 0 spiro atoms. The minimum absolute atomic E-state index is 0.134. The third-order valence-corrected chi connectivity index (χ3v) is 2.44. The van der Waals surface area contributed by atoms with E-state index in [0.29, 0.717) is 15.8 Å². The Balaban J connectivity index is 3.41. The van der Waals surface area contributed by atoms with E-state index >= 15 is 0 Å². The molecule has 2 nitrogen and oxygen atoms in total. The van der Waals surface area contributed by atoms with Crippen LogP contribution in [0.3, 0.4) is 0 Å². The molecule has 0 bridgehead atoms. The molecule has 1 aromatic carbocycles. The Morgan fingerprint density at radius 1 is 1.62 bits per heavy atom. The highest BCUT2D eigenvalue weighted by atomic mass is 79.9. The second-order valence-corrected chi connectivity index (χ2v) is 3.56. The average molecular weight is 248 g/mol. The van der Waals surface area contributed by atoms with Gasteiger partial charge in [0, 0.05) is 12.1 Å². The average Bonchev–Trinajstić information content (AvgIpc) is 2.10. The summed E-state index contributed by atoms with van der Waals surface area (Å²) in [5.41, 5.74) is 6.71. The van der Waals surface area contributed by atoms with E-state index in [1.54, 1.807) is 6.07 Å². The van der Waals surface area contributed by atoms with Gasteiger partial charge >= 0.3 is 0 Å². The molecule has 0 amide bonds. The number of hydrogen-bond acceptors (Lipinski definition) is 2. The molecule has 13 heavy (non-hydrogen) atoms. The smallest absolute Gasteiger partial charge is 0.145 e. The first-order chi connectivity index (χ1) is 6.11. The van der Waals surface area contributed by atoms with Crippen molar-refractivity contribution in [2.45, 2.75) is 13.5 Å². The van der Waals surface area contributed by atoms with Gasteiger partial charge in [-0.25, -0.2) is 4.39 Å². The van der Waals surface area contributed by atoms with Gasteiger partial charge in [-0.15, -0.1) is 0 Å². The van der Waals surface area contributed by atoms with E-state index in [-0.39, 0.29) is 12.4 Å². The molecule has 0 atom stereocenters. The first-order valence-electron chi connectivity index (χ1n) is 3.83. The summed E-state index contributed by atoms with van der Waals surface area (Å²) in [6.07, 6.45) is 0. The molecule has 1 rings (SSSR count). The number of nitrogens with two attached hydrogens (primary N) is 1. The zero-order chi connectivity index (χ0) is 10.0. The van der Waals surface area contributed by atoms with E-state index in [1.807, 2.05) is 6.92 Å². The van der Waals surface area contributed by atoms with Crippen molar-refractivity contribution in [3.8, 4) is 5.75 Å². The van der Waals surface area contributed by atoms with Gasteiger partial charge in [0.15, 0.2) is 0 Å². The predicted octanol–water partition coefficient (Wildman–Crippen LogP) is 2.36. The number of hydrogen-bond donors (Lipinski definition) is 1. The molecule has 0 saturated carbocycles. The number of halogens is 2. The molecule has 0 radical (unpaired) electrons. The molecule has 0 unspecified atom stereocenters. The van der Waals surface area contributed by atoms with E-state index in [9.17, 15) is 4.39 Å². The van der Waals surface area contributed by atoms with Crippen LogP contribution in [0, 0.1) is 12.7 Å². The summed E-state index contributed by atoms with van der Waals surface area (Å²) in [7, 11) is 1.51. The molecule has 0 fully saturated rings. The SMILES string of the molecule is COc1c(C)cc(Br)c(F)c1CN. The lowest BCUT2D eigenvalue weighted by Gasteiger charge is -2.11. The normalized spacial score (nSPS) is 10.2. The Bertz CT molecular complexity index is 328. The summed E-state index contributed by atoms with van der Waals surface area (Å²) in [6, 6.07) is 1.67. The molecule has 0 heterocycles. The molecule has 2 N–H and O–H groups in total. The van der Waals surface area contributed by atoms with E-state index in [4.69, 9.17) is 10.5 Å². The van der Waals surface area contributed by atoms with Crippen LogP contribution < -0.4 is 10.5 Å². The Kier molecular flexibility index (Phi) is 3.27. The van der Waals surface area contributed by atoms with Crippen LogP contribution >= 0.6 is 15.9 Å². The molecule has 0 aliphatic carbocycles. The second kappa shape index (κ2) is 4.07. The third kappa shape index (κ3) is 1.84. The van der Waals surface area contributed by atoms with Crippen molar-refractivity contribution in [1.29, 1.82) is 0 Å². The van der Waals surface area contributed by atoms with Crippen molar-refractivity contribution in [3.63, 3.8) is 0 Å². The van der Waals surface area contributed by atoms with Crippen molar-refractivity contribution < 1.29 is 9.13 Å². The lowest BCUT2D eigenvalue weighted by Crippen LogP contribution is -2.05. The van der Waals surface area contributed by atoms with Crippen LogP contribution in [0.4, 0.5) is 4.39 Å². The van der Waals surface area contributed by atoms with Crippen molar-refractivity contribution in [3.05, 3.63) is 27.5 Å². The third-order valence-electron chi connectivity index (χ3n) is 1.86. The Morgan fingerprint density at radius 3 is 2.69 bits per heavy atom. The van der Waals surface area contributed by atoms with Crippen molar-refractivity contribution in [1.82, 2.24) is 0 Å². The summed E-state index contributed by atoms with van der Waals surface area (Å²) in [4.78, 5) is 0. The van der Waals surface area contributed by atoms with Gasteiger partial charge in [-0.3, -0.25) is 0 Å². The molecule has 72 valence electrons. The fourth-order valence-electron chi connectivity index (χ4n) is 1.27. The van der Waals surface area contributed by atoms with Gasteiger partial charge in [-0.05, 0) is 34.5 Å². The maximum Gasteiger partial charge on any atom is 0.145 e. The topological polar surface area (TPSA) is 35.2 Å². The largest absolute Gasteiger partial charge is 0.496 e. The van der Waals surface area contributed by atoms with E-state index in [1.165, 1.54) is 7.11 Å². The van der Waals surface area contributed by atoms with Gasteiger partial charge in [-0.2, -0.15) is 0 Å². The molecular weight excluding hydrogens is 237 g/mol. The molecule has 4 heteroatoms. The van der Waals surface area contributed by atoms with Crippen molar-refractivity contribution >= 4 is 15.9 Å². The number of ether oxygens (including phenoxy) is 1. The summed E-state index contributed by atoms with van der Waals surface area (Å²) in [6.45, 7) is 1.98. The van der Waals surface area contributed by atoms with Gasteiger partial charge in [0.25, 0.3) is 0 Å². The molecule has 0 saturated heterocycles. The fraction of sp³-hybridized carbons (Fsp3) is 0.333. The highest BCUT2D eigenvalue weighted by Crippen LogP contribution is 2.30. The summed E-state index contributed by atoms with van der Waals surface area (Å²) < 4.78 is 18.9. The Labute approximate surface area is 85.0 Å². The Hall–Kier alpha value is -0.610. The highest BCUT2D eigenvalue weighted by Gasteiger charge is 2.13. The molecule has 0 aliphatic rings. The number of aryl methyl sites for hydroxylation is 1. The summed E-state index contributed by atoms with van der Waals surface area (Å²) >= 11 is 3.11. The van der Waals surface area contributed by atoms with Crippen LogP contribution in [0.1, 0.15) is 11.1 Å². The summed E-state index contributed by atoms with van der Waals surface area (Å²) in [5, 5.41) is 0. The minimum atomic E-state index is -0.343. The van der Waals surface area contributed by atoms with E-state index < -0.39 is 0 Å². The van der Waals surface area contributed by atoms with Gasteiger partial charge in [0.1, 0.15) is 11.6 Å². The van der Waals surface area contributed by atoms with Crippen LogP contribution in [0.15, 0.2) is 10.5 Å². The van der Waals surface area contributed by atoms with E-state index in [2.05, 4.69) is 15.9 Å². The van der Waals surface area contributed by atoms with Crippen LogP contribution in [-0.4, -0.2) is 7.11 Å². The first-order valence-corrected chi connectivity index (χ1v) is 4.62. The lowest BCUT2D eigenvalue weighted by molar-refractivity contribution is 0.401. The molecular formula is C9H11BrFNO. The van der Waals surface area contributed by atoms with Gasteiger partial charge < -0.3 is 10.5 Å². The van der Waals surface area contributed by atoms with Crippen LogP contribution in [0.25, 0.3) is 0 Å². The van der Waals surface area contributed by atoms with Crippen LogP contribution in [-0.2, 0) is 6.54 Å². The molecule has 1 aromatic rings. The van der Waals surface area contributed by atoms with Crippen LogP contribution in [0.5, 0.6) is 5.75 Å².